The van der Waals surface area contributed by atoms with E-state index < -0.39 is 0 Å². The van der Waals surface area contributed by atoms with E-state index >= 15 is 0 Å². The van der Waals surface area contributed by atoms with Crippen molar-refractivity contribution < 1.29 is 4.74 Å². The Balaban J connectivity index is 2.77. The maximum atomic E-state index is 5.24. The topological polar surface area (TPSA) is 24.5 Å². The predicted octanol–water partition coefficient (Wildman–Crippen LogP) is 1.91. The highest BCUT2D eigenvalue weighted by Gasteiger charge is 2.11. The lowest BCUT2D eigenvalue weighted by Gasteiger charge is -2.23. The molecule has 1 aromatic rings. The molecule has 0 saturated carbocycles. The zero-order valence-electron chi connectivity index (χ0n) is 10.7. The molecule has 90 valence electrons. The number of nitrogens with zero attached hydrogens (tertiary/aromatic N) is 1. The van der Waals surface area contributed by atoms with E-state index in [1.807, 2.05) is 19.2 Å². The quantitative estimate of drug-likeness (QED) is 0.795. The summed E-state index contributed by atoms with van der Waals surface area (Å²) in [7, 11) is 5.82. The summed E-state index contributed by atoms with van der Waals surface area (Å²) in [6, 6.07) is 8.57. The lowest BCUT2D eigenvalue weighted by atomic mass is 10.1. The molecule has 0 aliphatic carbocycles. The highest BCUT2D eigenvalue weighted by molar-refractivity contribution is 5.30. The summed E-state index contributed by atoms with van der Waals surface area (Å²) < 4.78 is 5.24. The van der Waals surface area contributed by atoms with Gasteiger partial charge < -0.3 is 15.0 Å². The van der Waals surface area contributed by atoms with Crippen LogP contribution in [0, 0.1) is 0 Å². The Morgan fingerprint density at radius 1 is 1.44 bits per heavy atom. The van der Waals surface area contributed by atoms with Crippen LogP contribution in [0.1, 0.15) is 18.5 Å². The second-order valence-corrected chi connectivity index (χ2v) is 3.97. The molecule has 0 aliphatic heterocycles. The molecule has 0 heterocycles. The van der Waals surface area contributed by atoms with E-state index in [-0.39, 0.29) is 0 Å². The number of likely N-dealkylation sites (N-methyl/N-ethyl adjacent to an activating group) is 2. The Morgan fingerprint density at radius 3 is 2.75 bits per heavy atom. The van der Waals surface area contributed by atoms with Crippen molar-refractivity contribution >= 4 is 0 Å². The third-order valence-electron chi connectivity index (χ3n) is 2.88. The highest BCUT2D eigenvalue weighted by atomic mass is 16.5. The van der Waals surface area contributed by atoms with Crippen molar-refractivity contribution in [2.75, 3.05) is 34.3 Å². The SMILES string of the molecule is CCN(C)CC(NC)c1cccc(OC)c1. The number of benzene rings is 1. The zero-order valence-corrected chi connectivity index (χ0v) is 10.7. The first-order valence-electron chi connectivity index (χ1n) is 5.71. The molecule has 3 heteroatoms. The lowest BCUT2D eigenvalue weighted by Crippen LogP contribution is -2.31. The molecule has 0 saturated heterocycles. The summed E-state index contributed by atoms with van der Waals surface area (Å²) in [5.41, 5.74) is 1.27. The maximum absolute atomic E-state index is 5.24. The Bertz CT molecular complexity index is 315. The standard InChI is InChI=1S/C13H22N2O/c1-5-15(3)10-13(14-2)11-7-6-8-12(9-11)16-4/h6-9,13-14H,5,10H2,1-4H3. The van der Waals surface area contributed by atoms with Gasteiger partial charge in [-0.2, -0.15) is 0 Å². The molecular weight excluding hydrogens is 200 g/mol. The number of methoxy groups -OCH3 is 1. The van der Waals surface area contributed by atoms with E-state index in [1.165, 1.54) is 5.56 Å². The van der Waals surface area contributed by atoms with Crippen molar-refractivity contribution in [2.24, 2.45) is 0 Å². The number of hydrogen-bond donors (Lipinski definition) is 1. The van der Waals surface area contributed by atoms with Gasteiger partial charge in [0.25, 0.3) is 0 Å². The molecule has 1 unspecified atom stereocenters. The van der Waals surface area contributed by atoms with E-state index in [2.05, 4.69) is 36.3 Å². The van der Waals surface area contributed by atoms with Crippen LogP contribution in [0.3, 0.4) is 0 Å². The monoisotopic (exact) mass is 222 g/mol. The van der Waals surface area contributed by atoms with Crippen LogP contribution < -0.4 is 10.1 Å². The van der Waals surface area contributed by atoms with Gasteiger partial charge in [-0.15, -0.1) is 0 Å². The number of hydrogen-bond acceptors (Lipinski definition) is 3. The zero-order chi connectivity index (χ0) is 12.0. The Hall–Kier alpha value is -1.06. The fourth-order valence-electron chi connectivity index (χ4n) is 1.66. The van der Waals surface area contributed by atoms with Gasteiger partial charge in [-0.05, 0) is 38.3 Å². The van der Waals surface area contributed by atoms with E-state index in [0.29, 0.717) is 6.04 Å². The number of nitrogens with one attached hydrogen (secondary N) is 1. The van der Waals surface area contributed by atoms with Crippen LogP contribution in [0.15, 0.2) is 24.3 Å². The van der Waals surface area contributed by atoms with Crippen LogP contribution in [0.2, 0.25) is 0 Å². The first-order valence-corrected chi connectivity index (χ1v) is 5.71. The normalized spacial score (nSPS) is 12.8. The minimum atomic E-state index is 0.347. The van der Waals surface area contributed by atoms with E-state index in [0.717, 1.165) is 18.8 Å². The molecule has 1 N–H and O–H groups in total. The summed E-state index contributed by atoms with van der Waals surface area (Å²) >= 11 is 0. The molecule has 1 rings (SSSR count). The Morgan fingerprint density at radius 2 is 2.19 bits per heavy atom. The van der Waals surface area contributed by atoms with Crippen molar-refractivity contribution in [3.05, 3.63) is 29.8 Å². The van der Waals surface area contributed by atoms with Gasteiger partial charge in [0.15, 0.2) is 0 Å². The molecule has 0 spiro atoms. The molecule has 0 aromatic heterocycles. The van der Waals surface area contributed by atoms with Crippen molar-refractivity contribution in [1.82, 2.24) is 10.2 Å². The van der Waals surface area contributed by atoms with E-state index in [9.17, 15) is 0 Å². The van der Waals surface area contributed by atoms with Crippen LogP contribution in [0.25, 0.3) is 0 Å². The van der Waals surface area contributed by atoms with Gasteiger partial charge >= 0.3 is 0 Å². The van der Waals surface area contributed by atoms with Gasteiger partial charge in [0.1, 0.15) is 5.75 Å². The summed E-state index contributed by atoms with van der Waals surface area (Å²) in [6.45, 7) is 4.22. The number of rotatable bonds is 6. The van der Waals surface area contributed by atoms with Crippen LogP contribution in [-0.4, -0.2) is 39.2 Å². The van der Waals surface area contributed by atoms with Crippen LogP contribution in [0.4, 0.5) is 0 Å². The maximum Gasteiger partial charge on any atom is 0.119 e. The molecule has 3 nitrogen and oxygen atoms in total. The van der Waals surface area contributed by atoms with Crippen molar-refractivity contribution in [2.45, 2.75) is 13.0 Å². The second kappa shape index (κ2) is 6.51. The number of ether oxygens (including phenoxy) is 1. The van der Waals surface area contributed by atoms with Gasteiger partial charge in [0.05, 0.1) is 7.11 Å². The Kier molecular flexibility index (Phi) is 5.29. The van der Waals surface area contributed by atoms with Gasteiger partial charge in [-0.25, -0.2) is 0 Å². The molecular formula is C13H22N2O. The average Bonchev–Trinajstić information content (AvgIpc) is 2.35. The summed E-state index contributed by atoms with van der Waals surface area (Å²) in [5.74, 6) is 0.914. The van der Waals surface area contributed by atoms with E-state index in [4.69, 9.17) is 4.74 Å². The first-order chi connectivity index (χ1) is 7.71. The molecule has 0 bridgehead atoms. The molecule has 0 radical (unpaired) electrons. The van der Waals surface area contributed by atoms with E-state index in [1.54, 1.807) is 7.11 Å². The van der Waals surface area contributed by atoms with Crippen molar-refractivity contribution in [1.29, 1.82) is 0 Å². The smallest absolute Gasteiger partial charge is 0.119 e. The Labute approximate surface area is 98.4 Å². The van der Waals surface area contributed by atoms with Crippen molar-refractivity contribution in [3.63, 3.8) is 0 Å². The average molecular weight is 222 g/mol. The lowest BCUT2D eigenvalue weighted by molar-refractivity contribution is 0.310. The third-order valence-corrected chi connectivity index (χ3v) is 2.88. The summed E-state index contributed by atoms with van der Waals surface area (Å²) in [5, 5.41) is 3.34. The molecule has 0 fully saturated rings. The highest BCUT2D eigenvalue weighted by Crippen LogP contribution is 2.19. The molecule has 1 aromatic carbocycles. The largest absolute Gasteiger partial charge is 0.497 e. The molecule has 1 atom stereocenters. The van der Waals surface area contributed by atoms with Crippen LogP contribution >= 0.6 is 0 Å². The van der Waals surface area contributed by atoms with Gasteiger partial charge in [0, 0.05) is 12.6 Å². The molecule has 0 aliphatic rings. The minimum absolute atomic E-state index is 0.347. The molecule has 0 amide bonds. The third kappa shape index (κ3) is 3.51. The van der Waals surface area contributed by atoms with Gasteiger partial charge in [-0.1, -0.05) is 19.1 Å². The van der Waals surface area contributed by atoms with Gasteiger partial charge in [-0.3, -0.25) is 0 Å². The van der Waals surface area contributed by atoms with Crippen molar-refractivity contribution in [3.8, 4) is 5.75 Å². The molecule has 16 heavy (non-hydrogen) atoms. The summed E-state index contributed by atoms with van der Waals surface area (Å²) in [6.07, 6.45) is 0. The fourth-order valence-corrected chi connectivity index (χ4v) is 1.66. The fraction of sp³-hybridized carbons (Fsp3) is 0.538. The first kappa shape index (κ1) is 13.0. The van der Waals surface area contributed by atoms with Crippen LogP contribution in [-0.2, 0) is 0 Å². The van der Waals surface area contributed by atoms with Crippen LogP contribution in [0.5, 0.6) is 5.75 Å². The minimum Gasteiger partial charge on any atom is -0.497 e. The summed E-state index contributed by atoms with van der Waals surface area (Å²) in [4.78, 5) is 2.29. The van der Waals surface area contributed by atoms with Gasteiger partial charge in [0.2, 0.25) is 0 Å². The second-order valence-electron chi connectivity index (χ2n) is 3.97. The predicted molar refractivity (Wildman–Crippen MR) is 68.0 cm³/mol.